The minimum atomic E-state index is 0.930. The summed E-state index contributed by atoms with van der Waals surface area (Å²) in [6, 6.07) is 8.27. The molecule has 0 saturated carbocycles. The SMILES string of the molecule is COc1cccc(CN(C)CC(C)=C2CNC2)c1. The fraction of sp³-hybridized carbons (Fsp3) is 0.467. The molecule has 1 aromatic rings. The van der Waals surface area contributed by atoms with Crippen LogP contribution in [0.15, 0.2) is 35.4 Å². The molecule has 1 saturated heterocycles. The molecule has 3 heteroatoms. The fourth-order valence-corrected chi connectivity index (χ4v) is 2.21. The third-order valence-corrected chi connectivity index (χ3v) is 3.37. The van der Waals surface area contributed by atoms with Crippen molar-refractivity contribution in [2.24, 2.45) is 0 Å². The molecule has 0 unspecified atom stereocenters. The van der Waals surface area contributed by atoms with E-state index in [1.54, 1.807) is 12.7 Å². The molecule has 1 aliphatic heterocycles. The summed E-state index contributed by atoms with van der Waals surface area (Å²) in [5.41, 5.74) is 4.35. The maximum atomic E-state index is 5.25. The Balaban J connectivity index is 1.92. The average molecular weight is 246 g/mol. The lowest BCUT2D eigenvalue weighted by atomic mass is 10.0. The molecule has 0 amide bonds. The van der Waals surface area contributed by atoms with E-state index in [2.05, 4.69) is 36.3 Å². The number of hydrogen-bond donors (Lipinski definition) is 1. The smallest absolute Gasteiger partial charge is 0.119 e. The maximum absolute atomic E-state index is 5.25. The van der Waals surface area contributed by atoms with Gasteiger partial charge in [0.2, 0.25) is 0 Å². The Kier molecular flexibility index (Phi) is 4.39. The molecule has 0 aromatic heterocycles. The van der Waals surface area contributed by atoms with E-state index in [1.165, 1.54) is 11.1 Å². The zero-order valence-electron chi connectivity index (χ0n) is 11.5. The van der Waals surface area contributed by atoms with Crippen LogP contribution in [-0.2, 0) is 6.54 Å². The third kappa shape index (κ3) is 3.34. The average Bonchev–Trinajstić information content (AvgIpc) is 2.26. The van der Waals surface area contributed by atoms with Gasteiger partial charge in [-0.05, 0) is 37.2 Å². The van der Waals surface area contributed by atoms with Crippen LogP contribution in [0, 0.1) is 0 Å². The minimum absolute atomic E-state index is 0.930. The number of rotatable bonds is 5. The summed E-state index contributed by atoms with van der Waals surface area (Å²) in [5, 5.41) is 3.29. The van der Waals surface area contributed by atoms with E-state index in [0.717, 1.165) is 31.9 Å². The van der Waals surface area contributed by atoms with E-state index >= 15 is 0 Å². The molecule has 1 aliphatic rings. The van der Waals surface area contributed by atoms with Crippen molar-refractivity contribution in [3.8, 4) is 5.75 Å². The van der Waals surface area contributed by atoms with Gasteiger partial charge >= 0.3 is 0 Å². The van der Waals surface area contributed by atoms with Gasteiger partial charge in [-0.2, -0.15) is 0 Å². The molecule has 18 heavy (non-hydrogen) atoms. The first-order valence-corrected chi connectivity index (χ1v) is 6.38. The normalized spacial score (nSPS) is 14.6. The van der Waals surface area contributed by atoms with Gasteiger partial charge in [0.25, 0.3) is 0 Å². The lowest BCUT2D eigenvalue weighted by molar-refractivity contribution is 0.350. The van der Waals surface area contributed by atoms with Crippen LogP contribution < -0.4 is 10.1 Å². The van der Waals surface area contributed by atoms with Gasteiger partial charge in [0.15, 0.2) is 0 Å². The van der Waals surface area contributed by atoms with Crippen LogP contribution in [0.1, 0.15) is 12.5 Å². The van der Waals surface area contributed by atoms with Crippen LogP contribution in [0.5, 0.6) is 5.75 Å². The molecule has 0 spiro atoms. The van der Waals surface area contributed by atoms with E-state index in [4.69, 9.17) is 4.74 Å². The zero-order chi connectivity index (χ0) is 13.0. The first kappa shape index (κ1) is 13.1. The molecule has 0 radical (unpaired) electrons. The van der Waals surface area contributed by atoms with Gasteiger partial charge in [-0.1, -0.05) is 17.7 Å². The number of benzene rings is 1. The predicted molar refractivity (Wildman–Crippen MR) is 74.9 cm³/mol. The van der Waals surface area contributed by atoms with Crippen molar-refractivity contribution in [2.45, 2.75) is 13.5 Å². The Morgan fingerprint density at radius 1 is 1.39 bits per heavy atom. The summed E-state index contributed by atoms with van der Waals surface area (Å²) in [7, 11) is 3.87. The van der Waals surface area contributed by atoms with E-state index in [-0.39, 0.29) is 0 Å². The Bertz CT molecular complexity index is 434. The number of methoxy groups -OCH3 is 1. The molecule has 0 atom stereocenters. The van der Waals surface area contributed by atoms with Crippen molar-refractivity contribution in [3.63, 3.8) is 0 Å². The van der Waals surface area contributed by atoms with Crippen molar-refractivity contribution < 1.29 is 4.74 Å². The Morgan fingerprint density at radius 2 is 2.17 bits per heavy atom. The summed E-state index contributed by atoms with van der Waals surface area (Å²) in [6.45, 7) is 6.36. The van der Waals surface area contributed by atoms with Crippen LogP contribution >= 0.6 is 0 Å². The highest BCUT2D eigenvalue weighted by Crippen LogP contribution is 2.15. The maximum Gasteiger partial charge on any atom is 0.119 e. The Labute approximate surface area is 109 Å². The van der Waals surface area contributed by atoms with Crippen LogP contribution in [0.25, 0.3) is 0 Å². The van der Waals surface area contributed by atoms with Gasteiger partial charge in [-0.15, -0.1) is 0 Å². The molecule has 0 bridgehead atoms. The Morgan fingerprint density at radius 3 is 2.78 bits per heavy atom. The minimum Gasteiger partial charge on any atom is -0.497 e. The predicted octanol–water partition coefficient (Wildman–Crippen LogP) is 2.05. The number of nitrogens with zero attached hydrogens (tertiary/aromatic N) is 1. The first-order valence-electron chi connectivity index (χ1n) is 6.38. The summed E-state index contributed by atoms with van der Waals surface area (Å²) in [5.74, 6) is 0.930. The largest absolute Gasteiger partial charge is 0.497 e. The van der Waals surface area contributed by atoms with E-state index in [9.17, 15) is 0 Å². The summed E-state index contributed by atoms with van der Waals surface area (Å²) in [6.07, 6.45) is 0. The van der Waals surface area contributed by atoms with Crippen molar-refractivity contribution in [3.05, 3.63) is 41.0 Å². The third-order valence-electron chi connectivity index (χ3n) is 3.37. The number of nitrogens with one attached hydrogen (secondary N) is 1. The molecule has 1 aromatic carbocycles. The second-order valence-corrected chi connectivity index (χ2v) is 5.01. The lowest BCUT2D eigenvalue weighted by Crippen LogP contribution is -2.36. The molecular weight excluding hydrogens is 224 g/mol. The van der Waals surface area contributed by atoms with Crippen molar-refractivity contribution in [2.75, 3.05) is 33.8 Å². The quantitative estimate of drug-likeness (QED) is 0.805. The van der Waals surface area contributed by atoms with Gasteiger partial charge in [-0.3, -0.25) is 4.90 Å². The van der Waals surface area contributed by atoms with E-state index in [1.807, 2.05) is 12.1 Å². The molecule has 2 rings (SSSR count). The van der Waals surface area contributed by atoms with Gasteiger partial charge in [0.1, 0.15) is 5.75 Å². The molecule has 1 fully saturated rings. The number of ether oxygens (including phenoxy) is 1. The number of likely N-dealkylation sites (N-methyl/N-ethyl adjacent to an activating group) is 1. The second-order valence-electron chi connectivity index (χ2n) is 5.01. The highest BCUT2D eigenvalue weighted by atomic mass is 16.5. The zero-order valence-corrected chi connectivity index (χ0v) is 11.5. The van der Waals surface area contributed by atoms with E-state index in [0.29, 0.717) is 0 Å². The molecule has 1 N–H and O–H groups in total. The fourth-order valence-electron chi connectivity index (χ4n) is 2.21. The van der Waals surface area contributed by atoms with Crippen LogP contribution in [0.4, 0.5) is 0 Å². The Hall–Kier alpha value is -1.32. The van der Waals surface area contributed by atoms with Crippen LogP contribution in [0.3, 0.4) is 0 Å². The molecule has 98 valence electrons. The van der Waals surface area contributed by atoms with Gasteiger partial charge < -0.3 is 10.1 Å². The highest BCUT2D eigenvalue weighted by Gasteiger charge is 2.12. The van der Waals surface area contributed by atoms with Crippen molar-refractivity contribution >= 4 is 0 Å². The monoisotopic (exact) mass is 246 g/mol. The summed E-state index contributed by atoms with van der Waals surface area (Å²) in [4.78, 5) is 2.34. The topological polar surface area (TPSA) is 24.5 Å². The molecular formula is C15H22N2O. The first-order chi connectivity index (χ1) is 8.69. The van der Waals surface area contributed by atoms with Gasteiger partial charge in [0, 0.05) is 26.2 Å². The van der Waals surface area contributed by atoms with Gasteiger partial charge in [-0.25, -0.2) is 0 Å². The van der Waals surface area contributed by atoms with Crippen molar-refractivity contribution in [1.82, 2.24) is 10.2 Å². The molecule has 1 heterocycles. The van der Waals surface area contributed by atoms with Crippen LogP contribution in [-0.4, -0.2) is 38.7 Å². The highest BCUT2D eigenvalue weighted by molar-refractivity contribution is 5.28. The van der Waals surface area contributed by atoms with Crippen LogP contribution in [0.2, 0.25) is 0 Å². The molecule has 0 aliphatic carbocycles. The van der Waals surface area contributed by atoms with Gasteiger partial charge in [0.05, 0.1) is 7.11 Å². The summed E-state index contributed by atoms with van der Waals surface area (Å²) >= 11 is 0. The summed E-state index contributed by atoms with van der Waals surface area (Å²) < 4.78 is 5.25. The standard InChI is InChI=1S/C15H22N2O/c1-12(14-8-16-9-14)10-17(2)11-13-5-4-6-15(7-13)18-3/h4-7,16H,8-11H2,1-3H3. The van der Waals surface area contributed by atoms with Crippen molar-refractivity contribution in [1.29, 1.82) is 0 Å². The second kappa shape index (κ2) is 6.03. The lowest BCUT2D eigenvalue weighted by Gasteiger charge is -2.25. The van der Waals surface area contributed by atoms with E-state index < -0.39 is 0 Å². The molecule has 3 nitrogen and oxygen atoms in total. The number of hydrogen-bond acceptors (Lipinski definition) is 3.